The fourth-order valence-corrected chi connectivity index (χ4v) is 2.77. The number of carbonyl (C=O) groups is 1. The first-order chi connectivity index (χ1) is 10.3. The molecule has 0 N–H and O–H groups in total. The van der Waals surface area contributed by atoms with Crippen molar-refractivity contribution >= 4 is 21.6 Å². The third kappa shape index (κ3) is 3.54. The molecule has 22 heavy (non-hydrogen) atoms. The molecular weight excluding hydrogens is 304 g/mol. The summed E-state index contributed by atoms with van der Waals surface area (Å²) in [6.07, 6.45) is 2.65. The number of amides is 1. The van der Waals surface area contributed by atoms with Gasteiger partial charge in [0.05, 0.1) is 11.6 Å². The maximum atomic E-state index is 12.2. The zero-order valence-corrected chi connectivity index (χ0v) is 13.4. The monoisotopic (exact) mass is 322 g/mol. The van der Waals surface area contributed by atoms with Gasteiger partial charge in [0.25, 0.3) is 0 Å². The van der Waals surface area contributed by atoms with Gasteiger partial charge in [-0.25, -0.2) is 13.4 Å². The van der Waals surface area contributed by atoms with Gasteiger partial charge in [-0.2, -0.15) is 5.26 Å². The van der Waals surface area contributed by atoms with Crippen LogP contribution < -0.4 is 4.90 Å². The van der Waals surface area contributed by atoms with Gasteiger partial charge in [0, 0.05) is 38.6 Å². The van der Waals surface area contributed by atoms with E-state index in [-0.39, 0.29) is 5.91 Å². The van der Waals surface area contributed by atoms with Gasteiger partial charge in [-0.15, -0.1) is 0 Å². The average Bonchev–Trinajstić information content (AvgIpc) is 2.53. The van der Waals surface area contributed by atoms with Crippen LogP contribution in [-0.4, -0.2) is 61.9 Å². The molecule has 1 aliphatic rings. The number of anilines is 1. The largest absolute Gasteiger partial charge is 0.353 e. The van der Waals surface area contributed by atoms with E-state index in [4.69, 9.17) is 5.26 Å². The van der Waals surface area contributed by atoms with E-state index in [0.29, 0.717) is 37.6 Å². The standard InChI is InChI=1S/C14H18N4O3S/c1-11(22(2,20)21)14(19)18-7-5-17(6-8-18)13-9-12(10-15)3-4-16-13/h3-4,9,11H,5-8H2,1-2H3. The molecule has 0 saturated carbocycles. The Morgan fingerprint density at radius 3 is 2.55 bits per heavy atom. The molecule has 1 aromatic rings. The Labute approximate surface area is 130 Å². The lowest BCUT2D eigenvalue weighted by molar-refractivity contribution is -0.130. The molecule has 0 aromatic carbocycles. The lowest BCUT2D eigenvalue weighted by atomic mass is 10.2. The molecule has 1 unspecified atom stereocenters. The summed E-state index contributed by atoms with van der Waals surface area (Å²) in [5.41, 5.74) is 0.536. The van der Waals surface area contributed by atoms with Crippen molar-refractivity contribution in [2.75, 3.05) is 37.3 Å². The average molecular weight is 322 g/mol. The lowest BCUT2D eigenvalue weighted by Crippen LogP contribution is -2.52. The highest BCUT2D eigenvalue weighted by molar-refractivity contribution is 7.92. The fraction of sp³-hybridized carbons (Fsp3) is 0.500. The number of sulfone groups is 1. The number of hydrogen-bond donors (Lipinski definition) is 0. The highest BCUT2D eigenvalue weighted by Gasteiger charge is 2.30. The van der Waals surface area contributed by atoms with E-state index < -0.39 is 15.1 Å². The van der Waals surface area contributed by atoms with Crippen LogP contribution in [0.1, 0.15) is 12.5 Å². The molecule has 1 fully saturated rings. The predicted molar refractivity (Wildman–Crippen MR) is 82.1 cm³/mol. The van der Waals surface area contributed by atoms with Crippen molar-refractivity contribution in [3.05, 3.63) is 23.9 Å². The van der Waals surface area contributed by atoms with E-state index in [1.165, 1.54) is 6.92 Å². The maximum absolute atomic E-state index is 12.2. The van der Waals surface area contributed by atoms with E-state index in [9.17, 15) is 13.2 Å². The third-order valence-electron chi connectivity index (χ3n) is 3.78. The van der Waals surface area contributed by atoms with Crippen molar-refractivity contribution in [3.63, 3.8) is 0 Å². The van der Waals surface area contributed by atoms with Gasteiger partial charge in [-0.3, -0.25) is 4.79 Å². The minimum Gasteiger partial charge on any atom is -0.353 e. The van der Waals surface area contributed by atoms with Crippen LogP contribution in [0.5, 0.6) is 0 Å². The van der Waals surface area contributed by atoms with Crippen LogP contribution in [-0.2, 0) is 14.6 Å². The fourth-order valence-electron chi connectivity index (χ4n) is 2.26. The predicted octanol–water partition coefficient (Wildman–Crippen LogP) is 0.0350. The highest BCUT2D eigenvalue weighted by atomic mass is 32.2. The number of pyridine rings is 1. The van der Waals surface area contributed by atoms with Crippen molar-refractivity contribution in [2.45, 2.75) is 12.2 Å². The molecule has 1 aliphatic heterocycles. The summed E-state index contributed by atoms with van der Waals surface area (Å²) in [7, 11) is -3.38. The normalized spacial score (nSPS) is 17.0. The summed E-state index contributed by atoms with van der Waals surface area (Å²) in [6, 6.07) is 5.41. The van der Waals surface area contributed by atoms with Crippen LogP contribution in [0.4, 0.5) is 5.82 Å². The third-order valence-corrected chi connectivity index (χ3v) is 5.27. The van der Waals surface area contributed by atoms with Crippen molar-refractivity contribution in [1.82, 2.24) is 9.88 Å². The first kappa shape index (κ1) is 16.2. The Morgan fingerprint density at radius 2 is 2.00 bits per heavy atom. The smallest absolute Gasteiger partial charge is 0.240 e. The Bertz CT molecular complexity index is 703. The summed E-state index contributed by atoms with van der Waals surface area (Å²) in [5, 5.41) is 7.89. The molecule has 0 spiro atoms. The first-order valence-electron chi connectivity index (χ1n) is 6.91. The molecule has 1 aromatic heterocycles. The molecule has 1 saturated heterocycles. The van der Waals surface area contributed by atoms with Crippen molar-refractivity contribution in [2.24, 2.45) is 0 Å². The zero-order chi connectivity index (χ0) is 16.3. The minimum absolute atomic E-state index is 0.360. The van der Waals surface area contributed by atoms with Gasteiger partial charge in [-0.1, -0.05) is 0 Å². The second kappa shape index (κ2) is 6.32. The van der Waals surface area contributed by atoms with E-state index in [2.05, 4.69) is 11.1 Å². The number of carbonyl (C=O) groups excluding carboxylic acids is 1. The molecule has 8 heteroatoms. The van der Waals surface area contributed by atoms with Crippen LogP contribution in [0, 0.1) is 11.3 Å². The molecule has 1 atom stereocenters. The number of aromatic nitrogens is 1. The van der Waals surface area contributed by atoms with Gasteiger partial charge in [0.15, 0.2) is 9.84 Å². The summed E-state index contributed by atoms with van der Waals surface area (Å²) in [6.45, 7) is 3.42. The maximum Gasteiger partial charge on any atom is 0.240 e. The topological polar surface area (TPSA) is 94.4 Å². The van der Waals surface area contributed by atoms with E-state index in [1.807, 2.05) is 4.90 Å². The second-order valence-corrected chi connectivity index (χ2v) is 7.66. The van der Waals surface area contributed by atoms with Crippen LogP contribution in [0.25, 0.3) is 0 Å². The SMILES string of the molecule is CC(C(=O)N1CCN(c2cc(C#N)ccn2)CC1)S(C)(=O)=O. The lowest BCUT2D eigenvalue weighted by Gasteiger charge is -2.36. The van der Waals surface area contributed by atoms with Gasteiger partial charge in [0.2, 0.25) is 5.91 Å². The number of piperazine rings is 1. The Kier molecular flexibility index (Phi) is 4.66. The number of nitrogens with zero attached hydrogens (tertiary/aromatic N) is 4. The molecular formula is C14H18N4O3S. The molecule has 2 heterocycles. The summed E-state index contributed by atoms with van der Waals surface area (Å²) < 4.78 is 22.9. The molecule has 118 valence electrons. The summed E-state index contributed by atoms with van der Waals surface area (Å²) >= 11 is 0. The van der Waals surface area contributed by atoms with E-state index >= 15 is 0 Å². The number of hydrogen-bond acceptors (Lipinski definition) is 6. The first-order valence-corrected chi connectivity index (χ1v) is 8.87. The van der Waals surface area contributed by atoms with Crippen LogP contribution in [0.15, 0.2) is 18.3 Å². The van der Waals surface area contributed by atoms with Crippen molar-refractivity contribution < 1.29 is 13.2 Å². The zero-order valence-electron chi connectivity index (χ0n) is 12.6. The Morgan fingerprint density at radius 1 is 1.36 bits per heavy atom. The van der Waals surface area contributed by atoms with Crippen LogP contribution >= 0.6 is 0 Å². The number of nitriles is 1. The summed E-state index contributed by atoms with van der Waals surface area (Å²) in [5.74, 6) is 0.336. The van der Waals surface area contributed by atoms with Gasteiger partial charge >= 0.3 is 0 Å². The van der Waals surface area contributed by atoms with Gasteiger partial charge in [-0.05, 0) is 19.1 Å². The molecule has 1 amide bonds. The van der Waals surface area contributed by atoms with E-state index in [1.54, 1.807) is 23.2 Å². The Hall–Kier alpha value is -2.14. The van der Waals surface area contributed by atoms with E-state index in [0.717, 1.165) is 6.26 Å². The molecule has 2 rings (SSSR count). The molecule has 7 nitrogen and oxygen atoms in total. The quantitative estimate of drug-likeness (QED) is 0.779. The van der Waals surface area contributed by atoms with Crippen LogP contribution in [0.3, 0.4) is 0 Å². The highest BCUT2D eigenvalue weighted by Crippen LogP contribution is 2.16. The molecule has 0 aliphatic carbocycles. The molecule has 0 bridgehead atoms. The van der Waals surface area contributed by atoms with Crippen molar-refractivity contribution in [3.8, 4) is 6.07 Å². The minimum atomic E-state index is -3.38. The molecule has 0 radical (unpaired) electrons. The summed E-state index contributed by atoms with van der Waals surface area (Å²) in [4.78, 5) is 19.9. The van der Waals surface area contributed by atoms with Gasteiger partial charge < -0.3 is 9.80 Å². The Balaban J connectivity index is 2.01. The number of rotatable bonds is 3. The second-order valence-electron chi connectivity index (χ2n) is 5.30. The van der Waals surface area contributed by atoms with Crippen molar-refractivity contribution in [1.29, 1.82) is 5.26 Å². The van der Waals surface area contributed by atoms with Crippen LogP contribution in [0.2, 0.25) is 0 Å². The van der Waals surface area contributed by atoms with Gasteiger partial charge in [0.1, 0.15) is 11.1 Å².